The molecule has 0 bridgehead atoms. The number of hydrogen-bond donors (Lipinski definition) is 2. The Kier molecular flexibility index (Phi) is 2.88. The zero-order chi connectivity index (χ0) is 9.97. The van der Waals surface area contributed by atoms with Crippen LogP contribution < -0.4 is 0 Å². The molecule has 0 aliphatic carbocycles. The van der Waals surface area contributed by atoms with Crippen molar-refractivity contribution in [2.24, 2.45) is 0 Å². The van der Waals surface area contributed by atoms with Gasteiger partial charge in [-0.2, -0.15) is 0 Å². The van der Waals surface area contributed by atoms with E-state index in [1.54, 1.807) is 0 Å². The molecule has 0 spiro atoms. The lowest BCUT2D eigenvalue weighted by Crippen LogP contribution is -2.01. The second-order valence-corrected chi connectivity index (χ2v) is 4.21. The first-order valence-electron chi connectivity index (χ1n) is 4.35. The van der Waals surface area contributed by atoms with Gasteiger partial charge in [-0.3, -0.25) is 0 Å². The van der Waals surface area contributed by atoms with Crippen LogP contribution in [0.15, 0.2) is 42.6 Å². The SMILES string of the molecule is OC(c1ccc[nH]1)c1ccccc1I. The van der Waals surface area contributed by atoms with Crippen molar-refractivity contribution in [3.8, 4) is 0 Å². The summed E-state index contributed by atoms with van der Waals surface area (Å²) in [5.41, 5.74) is 1.77. The number of halogens is 1. The summed E-state index contributed by atoms with van der Waals surface area (Å²) >= 11 is 2.23. The molecule has 1 atom stereocenters. The number of H-pyrrole nitrogens is 1. The van der Waals surface area contributed by atoms with Crippen LogP contribution in [0.3, 0.4) is 0 Å². The molecule has 0 radical (unpaired) electrons. The van der Waals surface area contributed by atoms with Crippen LogP contribution in [0.2, 0.25) is 0 Å². The molecular formula is C11H10INO. The van der Waals surface area contributed by atoms with Crippen molar-refractivity contribution in [3.63, 3.8) is 0 Å². The number of aliphatic hydroxyl groups is 1. The predicted molar refractivity (Wildman–Crippen MR) is 64.0 cm³/mol. The maximum absolute atomic E-state index is 10.0. The number of aromatic amines is 1. The van der Waals surface area contributed by atoms with Gasteiger partial charge in [-0.15, -0.1) is 0 Å². The van der Waals surface area contributed by atoms with Crippen LogP contribution in [0, 0.1) is 3.57 Å². The van der Waals surface area contributed by atoms with Gasteiger partial charge in [0.1, 0.15) is 6.10 Å². The van der Waals surface area contributed by atoms with Crippen LogP contribution in [-0.2, 0) is 0 Å². The first-order chi connectivity index (χ1) is 6.79. The third kappa shape index (κ3) is 1.83. The van der Waals surface area contributed by atoms with Gasteiger partial charge in [-0.1, -0.05) is 18.2 Å². The van der Waals surface area contributed by atoms with Gasteiger partial charge in [-0.25, -0.2) is 0 Å². The van der Waals surface area contributed by atoms with Crippen LogP contribution in [-0.4, -0.2) is 10.1 Å². The minimum Gasteiger partial charge on any atom is -0.382 e. The first kappa shape index (κ1) is 9.73. The fraction of sp³-hybridized carbons (Fsp3) is 0.0909. The fourth-order valence-corrected chi connectivity index (χ4v) is 2.06. The van der Waals surface area contributed by atoms with Crippen LogP contribution in [0.4, 0.5) is 0 Å². The minimum absolute atomic E-state index is 0.557. The highest BCUT2D eigenvalue weighted by Crippen LogP contribution is 2.24. The van der Waals surface area contributed by atoms with E-state index in [9.17, 15) is 5.11 Å². The standard InChI is InChI=1S/C11H10INO/c12-9-5-2-1-4-8(9)11(14)10-6-3-7-13-10/h1-7,11,13-14H. The minimum atomic E-state index is -0.557. The Morgan fingerprint density at radius 1 is 1.14 bits per heavy atom. The highest BCUT2D eigenvalue weighted by Gasteiger charge is 2.12. The summed E-state index contributed by atoms with van der Waals surface area (Å²) in [6.07, 6.45) is 1.26. The van der Waals surface area contributed by atoms with Crippen molar-refractivity contribution < 1.29 is 5.11 Å². The summed E-state index contributed by atoms with van der Waals surface area (Å²) in [6.45, 7) is 0. The molecule has 1 aromatic carbocycles. The Labute approximate surface area is 96.1 Å². The molecular weight excluding hydrogens is 289 g/mol. The summed E-state index contributed by atoms with van der Waals surface area (Å²) in [7, 11) is 0. The van der Waals surface area contributed by atoms with E-state index in [2.05, 4.69) is 27.6 Å². The molecule has 0 amide bonds. The molecule has 2 aromatic rings. The Morgan fingerprint density at radius 3 is 2.57 bits per heavy atom. The lowest BCUT2D eigenvalue weighted by molar-refractivity contribution is 0.215. The molecule has 72 valence electrons. The largest absolute Gasteiger partial charge is 0.382 e. The third-order valence-corrected chi connectivity index (χ3v) is 3.10. The molecule has 2 rings (SSSR count). The lowest BCUT2D eigenvalue weighted by Gasteiger charge is -2.10. The highest BCUT2D eigenvalue weighted by atomic mass is 127. The summed E-state index contributed by atoms with van der Waals surface area (Å²) in [5.74, 6) is 0. The normalized spacial score (nSPS) is 12.7. The second-order valence-electron chi connectivity index (χ2n) is 3.05. The van der Waals surface area contributed by atoms with Crippen molar-refractivity contribution in [1.29, 1.82) is 0 Å². The molecule has 0 aliphatic heterocycles. The lowest BCUT2D eigenvalue weighted by atomic mass is 10.1. The molecule has 14 heavy (non-hydrogen) atoms. The van der Waals surface area contributed by atoms with Crippen LogP contribution in [0.25, 0.3) is 0 Å². The number of rotatable bonds is 2. The Bertz CT molecular complexity index is 411. The molecule has 2 N–H and O–H groups in total. The van der Waals surface area contributed by atoms with Gasteiger partial charge in [-0.05, 0) is 46.4 Å². The Morgan fingerprint density at radius 2 is 1.93 bits per heavy atom. The topological polar surface area (TPSA) is 36.0 Å². The van der Waals surface area contributed by atoms with Gasteiger partial charge >= 0.3 is 0 Å². The van der Waals surface area contributed by atoms with Gasteiger partial charge in [0.2, 0.25) is 0 Å². The number of nitrogens with one attached hydrogen (secondary N) is 1. The van der Waals surface area contributed by atoms with E-state index in [4.69, 9.17) is 0 Å². The molecule has 1 unspecified atom stereocenters. The van der Waals surface area contributed by atoms with E-state index in [1.165, 1.54) is 0 Å². The summed E-state index contributed by atoms with van der Waals surface area (Å²) in [6, 6.07) is 11.6. The number of aromatic nitrogens is 1. The molecule has 0 saturated heterocycles. The zero-order valence-corrected chi connectivity index (χ0v) is 9.60. The molecule has 0 aliphatic rings. The van der Waals surface area contributed by atoms with E-state index in [0.717, 1.165) is 14.8 Å². The second kappa shape index (κ2) is 4.14. The molecule has 2 nitrogen and oxygen atoms in total. The number of hydrogen-bond acceptors (Lipinski definition) is 1. The van der Waals surface area contributed by atoms with Crippen molar-refractivity contribution in [2.45, 2.75) is 6.10 Å². The van der Waals surface area contributed by atoms with Gasteiger partial charge < -0.3 is 10.1 Å². The summed E-state index contributed by atoms with van der Waals surface area (Å²) in [5, 5.41) is 10.0. The average molecular weight is 299 g/mol. The number of benzene rings is 1. The Balaban J connectivity index is 2.37. The summed E-state index contributed by atoms with van der Waals surface area (Å²) < 4.78 is 1.08. The van der Waals surface area contributed by atoms with Gasteiger partial charge in [0, 0.05) is 15.5 Å². The van der Waals surface area contributed by atoms with E-state index < -0.39 is 6.10 Å². The summed E-state index contributed by atoms with van der Waals surface area (Å²) in [4.78, 5) is 3.01. The smallest absolute Gasteiger partial charge is 0.120 e. The molecule has 3 heteroatoms. The van der Waals surface area contributed by atoms with Crippen LogP contribution in [0.1, 0.15) is 17.4 Å². The maximum Gasteiger partial charge on any atom is 0.120 e. The molecule has 1 heterocycles. The highest BCUT2D eigenvalue weighted by molar-refractivity contribution is 14.1. The van der Waals surface area contributed by atoms with E-state index >= 15 is 0 Å². The van der Waals surface area contributed by atoms with Gasteiger partial charge in [0.15, 0.2) is 0 Å². The van der Waals surface area contributed by atoms with Crippen molar-refractivity contribution in [1.82, 2.24) is 4.98 Å². The van der Waals surface area contributed by atoms with Gasteiger partial charge in [0.25, 0.3) is 0 Å². The van der Waals surface area contributed by atoms with E-state index in [1.807, 2.05) is 42.6 Å². The molecule has 0 fully saturated rings. The predicted octanol–water partition coefficient (Wildman–Crippen LogP) is 2.70. The number of aliphatic hydroxyl groups excluding tert-OH is 1. The van der Waals surface area contributed by atoms with Crippen molar-refractivity contribution in [2.75, 3.05) is 0 Å². The molecule has 1 aromatic heterocycles. The molecule has 0 saturated carbocycles. The fourth-order valence-electron chi connectivity index (χ4n) is 1.38. The first-order valence-corrected chi connectivity index (χ1v) is 5.42. The quantitative estimate of drug-likeness (QED) is 0.822. The Hall–Kier alpha value is -0.810. The van der Waals surface area contributed by atoms with Crippen LogP contribution in [0.5, 0.6) is 0 Å². The maximum atomic E-state index is 10.0. The third-order valence-electron chi connectivity index (χ3n) is 2.12. The zero-order valence-electron chi connectivity index (χ0n) is 7.44. The van der Waals surface area contributed by atoms with Gasteiger partial charge in [0.05, 0.1) is 0 Å². The van der Waals surface area contributed by atoms with Crippen molar-refractivity contribution in [3.05, 3.63) is 57.4 Å². The monoisotopic (exact) mass is 299 g/mol. The van der Waals surface area contributed by atoms with Crippen molar-refractivity contribution >= 4 is 22.6 Å². The average Bonchev–Trinajstić information content (AvgIpc) is 2.70. The van der Waals surface area contributed by atoms with E-state index in [0.29, 0.717) is 0 Å². The van der Waals surface area contributed by atoms with E-state index in [-0.39, 0.29) is 0 Å². The van der Waals surface area contributed by atoms with Crippen LogP contribution >= 0.6 is 22.6 Å².